The number of benzene rings is 1. The van der Waals surface area contributed by atoms with E-state index in [2.05, 4.69) is 15.9 Å². The van der Waals surface area contributed by atoms with Crippen LogP contribution in [0.3, 0.4) is 0 Å². The molecule has 0 heterocycles. The molecule has 1 unspecified atom stereocenters. The highest BCUT2D eigenvalue weighted by atomic mass is 79.9. The number of carboxylic acids is 1. The summed E-state index contributed by atoms with van der Waals surface area (Å²) < 4.78 is 0.893. The lowest BCUT2D eigenvalue weighted by molar-refractivity contribution is -0.142. The van der Waals surface area contributed by atoms with Gasteiger partial charge in [-0.15, -0.1) is 0 Å². The first kappa shape index (κ1) is 14.7. The average molecular weight is 314 g/mol. The average Bonchev–Trinajstić information content (AvgIpc) is 2.28. The molecule has 98 valence electrons. The Hall–Kier alpha value is -1.36. The summed E-state index contributed by atoms with van der Waals surface area (Å²) in [5, 5.41) is 9.05. The van der Waals surface area contributed by atoms with Crippen LogP contribution in [0.4, 0.5) is 0 Å². The molecule has 1 rings (SSSR count). The molecule has 1 aromatic rings. The Bertz CT molecular complexity index is 473. The lowest BCUT2D eigenvalue weighted by Crippen LogP contribution is -2.42. The minimum Gasteiger partial charge on any atom is -0.480 e. The number of hydrogen-bond acceptors (Lipinski definition) is 2. The highest BCUT2D eigenvalue weighted by Gasteiger charge is 2.26. The lowest BCUT2D eigenvalue weighted by atomic mass is 10.1. The SMILES string of the molecule is CCC(C(=O)O)N(C)C(=O)c1ccc(Br)cc1C. The fourth-order valence-electron chi connectivity index (χ4n) is 1.81. The fourth-order valence-corrected chi connectivity index (χ4v) is 2.29. The van der Waals surface area contributed by atoms with E-state index in [0.29, 0.717) is 12.0 Å². The van der Waals surface area contributed by atoms with Crippen molar-refractivity contribution in [3.63, 3.8) is 0 Å². The quantitative estimate of drug-likeness (QED) is 0.929. The molecular formula is C13H16BrNO3. The standard InChI is InChI=1S/C13H16BrNO3/c1-4-11(13(17)18)15(3)12(16)10-6-5-9(14)7-8(10)2/h5-7,11H,4H2,1-3H3,(H,17,18). The van der Waals surface area contributed by atoms with Crippen molar-refractivity contribution in [3.05, 3.63) is 33.8 Å². The van der Waals surface area contributed by atoms with Gasteiger partial charge < -0.3 is 10.0 Å². The Balaban J connectivity index is 3.02. The molecule has 0 spiro atoms. The number of carbonyl (C=O) groups is 2. The minimum atomic E-state index is -0.983. The van der Waals surface area contributed by atoms with Crippen LogP contribution < -0.4 is 0 Å². The summed E-state index contributed by atoms with van der Waals surface area (Å²) in [7, 11) is 1.52. The zero-order chi connectivity index (χ0) is 13.9. The molecule has 1 aromatic carbocycles. The van der Waals surface area contributed by atoms with Crippen LogP contribution in [0.15, 0.2) is 22.7 Å². The number of likely N-dealkylation sites (N-methyl/N-ethyl adjacent to an activating group) is 1. The number of nitrogens with zero attached hydrogens (tertiary/aromatic N) is 1. The minimum absolute atomic E-state index is 0.269. The molecule has 0 bridgehead atoms. The molecule has 1 atom stereocenters. The van der Waals surface area contributed by atoms with Gasteiger partial charge in [-0.05, 0) is 37.1 Å². The second kappa shape index (κ2) is 6.00. The van der Waals surface area contributed by atoms with Gasteiger partial charge in [0.1, 0.15) is 6.04 Å². The maximum absolute atomic E-state index is 12.2. The molecule has 0 aliphatic rings. The molecule has 0 radical (unpaired) electrons. The number of halogens is 1. The third-order valence-corrected chi connectivity index (χ3v) is 3.37. The number of rotatable bonds is 4. The van der Waals surface area contributed by atoms with Crippen molar-refractivity contribution >= 4 is 27.8 Å². The smallest absolute Gasteiger partial charge is 0.326 e. The molecule has 0 fully saturated rings. The van der Waals surface area contributed by atoms with Gasteiger partial charge in [-0.2, -0.15) is 0 Å². The van der Waals surface area contributed by atoms with Crippen molar-refractivity contribution in [2.75, 3.05) is 7.05 Å². The van der Waals surface area contributed by atoms with Gasteiger partial charge in [0.2, 0.25) is 0 Å². The summed E-state index contributed by atoms with van der Waals surface area (Å²) in [6.07, 6.45) is 0.382. The van der Waals surface area contributed by atoms with E-state index >= 15 is 0 Å². The third-order valence-electron chi connectivity index (χ3n) is 2.88. The molecule has 18 heavy (non-hydrogen) atoms. The van der Waals surface area contributed by atoms with Crippen LogP contribution in [0.1, 0.15) is 29.3 Å². The number of amides is 1. The number of aryl methyl sites for hydroxylation is 1. The van der Waals surface area contributed by atoms with E-state index in [1.54, 1.807) is 19.1 Å². The first-order valence-corrected chi connectivity index (χ1v) is 6.43. The van der Waals surface area contributed by atoms with Gasteiger partial charge >= 0.3 is 5.97 Å². The molecule has 0 saturated carbocycles. The molecule has 0 aliphatic carbocycles. The monoisotopic (exact) mass is 313 g/mol. The van der Waals surface area contributed by atoms with Gasteiger partial charge in [0.05, 0.1) is 0 Å². The zero-order valence-corrected chi connectivity index (χ0v) is 12.2. The summed E-state index contributed by atoms with van der Waals surface area (Å²) in [5.74, 6) is -1.25. The molecule has 0 aromatic heterocycles. The largest absolute Gasteiger partial charge is 0.480 e. The lowest BCUT2D eigenvalue weighted by Gasteiger charge is -2.24. The Labute approximate surface area is 115 Å². The van der Waals surface area contributed by atoms with E-state index in [-0.39, 0.29) is 5.91 Å². The van der Waals surface area contributed by atoms with Crippen molar-refractivity contribution in [2.24, 2.45) is 0 Å². The van der Waals surface area contributed by atoms with Gasteiger partial charge in [-0.25, -0.2) is 4.79 Å². The van der Waals surface area contributed by atoms with Crippen LogP contribution in [0.2, 0.25) is 0 Å². The van der Waals surface area contributed by atoms with Gasteiger partial charge in [0.25, 0.3) is 5.91 Å². The molecule has 0 saturated heterocycles. The maximum atomic E-state index is 12.2. The Morgan fingerprint density at radius 2 is 2.06 bits per heavy atom. The van der Waals surface area contributed by atoms with Crippen molar-refractivity contribution in [1.29, 1.82) is 0 Å². The van der Waals surface area contributed by atoms with Crippen LogP contribution in [-0.4, -0.2) is 35.0 Å². The van der Waals surface area contributed by atoms with E-state index in [1.807, 2.05) is 13.0 Å². The molecular weight excluding hydrogens is 298 g/mol. The topological polar surface area (TPSA) is 57.6 Å². The van der Waals surface area contributed by atoms with E-state index in [1.165, 1.54) is 11.9 Å². The summed E-state index contributed by atoms with van der Waals surface area (Å²) in [4.78, 5) is 24.6. The Morgan fingerprint density at radius 1 is 1.44 bits per heavy atom. The number of hydrogen-bond donors (Lipinski definition) is 1. The van der Waals surface area contributed by atoms with Gasteiger partial charge in [0.15, 0.2) is 0 Å². The second-order valence-corrected chi connectivity index (χ2v) is 5.05. The van der Waals surface area contributed by atoms with E-state index in [0.717, 1.165) is 10.0 Å². The Kier molecular flexibility index (Phi) is 4.90. The van der Waals surface area contributed by atoms with Crippen LogP contribution in [0, 0.1) is 6.92 Å². The summed E-state index contributed by atoms with van der Waals surface area (Å²) in [5.41, 5.74) is 1.35. The first-order chi connectivity index (χ1) is 8.38. The summed E-state index contributed by atoms with van der Waals surface area (Å²) in [6, 6.07) is 4.52. The predicted octanol–water partition coefficient (Wildman–Crippen LogP) is 2.69. The zero-order valence-electron chi connectivity index (χ0n) is 10.6. The predicted molar refractivity (Wildman–Crippen MR) is 72.7 cm³/mol. The number of carbonyl (C=O) groups excluding carboxylic acids is 1. The molecule has 4 nitrogen and oxygen atoms in total. The molecule has 5 heteroatoms. The molecule has 1 N–H and O–H groups in total. The van der Waals surface area contributed by atoms with Gasteiger partial charge in [-0.1, -0.05) is 22.9 Å². The number of aliphatic carboxylic acids is 1. The summed E-state index contributed by atoms with van der Waals surface area (Å²) >= 11 is 3.33. The van der Waals surface area contributed by atoms with E-state index < -0.39 is 12.0 Å². The normalized spacial score (nSPS) is 12.0. The molecule has 0 aliphatic heterocycles. The van der Waals surface area contributed by atoms with E-state index in [4.69, 9.17) is 5.11 Å². The Morgan fingerprint density at radius 3 is 2.50 bits per heavy atom. The third kappa shape index (κ3) is 3.10. The van der Waals surface area contributed by atoms with Crippen molar-refractivity contribution in [2.45, 2.75) is 26.3 Å². The summed E-state index contributed by atoms with van der Waals surface area (Å²) in [6.45, 7) is 3.57. The number of carboxylic acid groups (broad SMARTS) is 1. The van der Waals surface area contributed by atoms with Gasteiger partial charge in [-0.3, -0.25) is 4.79 Å². The van der Waals surface area contributed by atoms with Crippen LogP contribution in [-0.2, 0) is 4.79 Å². The van der Waals surface area contributed by atoms with Crippen molar-refractivity contribution < 1.29 is 14.7 Å². The van der Waals surface area contributed by atoms with Crippen LogP contribution in [0.5, 0.6) is 0 Å². The second-order valence-electron chi connectivity index (χ2n) is 4.14. The van der Waals surface area contributed by atoms with Crippen LogP contribution >= 0.6 is 15.9 Å². The van der Waals surface area contributed by atoms with Crippen molar-refractivity contribution in [1.82, 2.24) is 4.90 Å². The fraction of sp³-hybridized carbons (Fsp3) is 0.385. The highest BCUT2D eigenvalue weighted by Crippen LogP contribution is 2.18. The highest BCUT2D eigenvalue weighted by molar-refractivity contribution is 9.10. The van der Waals surface area contributed by atoms with Crippen molar-refractivity contribution in [3.8, 4) is 0 Å². The first-order valence-electron chi connectivity index (χ1n) is 5.64. The molecule has 1 amide bonds. The van der Waals surface area contributed by atoms with Crippen LogP contribution in [0.25, 0.3) is 0 Å². The van der Waals surface area contributed by atoms with Gasteiger partial charge in [0, 0.05) is 17.1 Å². The van der Waals surface area contributed by atoms with E-state index in [9.17, 15) is 9.59 Å². The maximum Gasteiger partial charge on any atom is 0.326 e.